The maximum Gasteiger partial charge on any atom is 0.356 e. The number of benzene rings is 1. The molecular weight excluding hydrogens is 314 g/mol. The molecule has 1 aromatic carbocycles. The molecule has 2 N–H and O–H groups in total. The number of hydrogen-bond acceptors (Lipinski definition) is 6. The van der Waals surface area contributed by atoms with Gasteiger partial charge >= 0.3 is 5.97 Å². The third kappa shape index (κ3) is 3.14. The maximum absolute atomic E-state index is 12.4. The van der Waals surface area contributed by atoms with Crippen LogP contribution in [0.3, 0.4) is 0 Å². The monoisotopic (exact) mass is 327 g/mol. The van der Waals surface area contributed by atoms with Crippen molar-refractivity contribution in [2.75, 3.05) is 0 Å². The van der Waals surface area contributed by atoms with Crippen LogP contribution in [0.15, 0.2) is 40.9 Å². The normalized spacial score (nSPS) is 10.5. The first-order chi connectivity index (χ1) is 11.5. The topological polar surface area (TPSA) is 123 Å². The molecule has 0 saturated carbocycles. The van der Waals surface area contributed by atoms with E-state index in [2.05, 4.69) is 20.6 Å². The number of carbonyl (C=O) groups excluding carboxylic acids is 1. The number of amides is 1. The average Bonchev–Trinajstić information content (AvgIpc) is 3.20. The van der Waals surface area contributed by atoms with Crippen LogP contribution in [0.4, 0.5) is 0 Å². The average molecular weight is 327 g/mol. The second-order valence-corrected chi connectivity index (χ2v) is 4.88. The van der Waals surface area contributed by atoms with Gasteiger partial charge in [-0.2, -0.15) is 10.1 Å². The van der Waals surface area contributed by atoms with E-state index < -0.39 is 11.9 Å². The van der Waals surface area contributed by atoms with Gasteiger partial charge in [-0.25, -0.2) is 9.48 Å². The van der Waals surface area contributed by atoms with E-state index in [0.717, 1.165) is 0 Å². The third-order valence-corrected chi connectivity index (χ3v) is 3.14. The maximum atomic E-state index is 12.4. The van der Waals surface area contributed by atoms with Crippen molar-refractivity contribution in [1.82, 2.24) is 25.2 Å². The molecule has 122 valence electrons. The molecule has 0 aliphatic heterocycles. The van der Waals surface area contributed by atoms with E-state index in [9.17, 15) is 9.59 Å². The Balaban J connectivity index is 1.88. The first-order valence-electron chi connectivity index (χ1n) is 7.01. The molecule has 24 heavy (non-hydrogen) atoms. The van der Waals surface area contributed by atoms with Crippen LogP contribution < -0.4 is 5.32 Å². The summed E-state index contributed by atoms with van der Waals surface area (Å²) in [4.78, 5) is 27.5. The van der Waals surface area contributed by atoms with Crippen molar-refractivity contribution in [3.63, 3.8) is 0 Å². The number of nitrogens with one attached hydrogen (secondary N) is 1. The van der Waals surface area contributed by atoms with Gasteiger partial charge in [-0.3, -0.25) is 4.79 Å². The lowest BCUT2D eigenvalue weighted by molar-refractivity contribution is 0.0689. The Kier molecular flexibility index (Phi) is 4.06. The Morgan fingerprint density at radius 2 is 2.04 bits per heavy atom. The Bertz CT molecular complexity index is 884. The smallest absolute Gasteiger partial charge is 0.356 e. The van der Waals surface area contributed by atoms with Gasteiger partial charge in [0.15, 0.2) is 11.5 Å². The van der Waals surface area contributed by atoms with Crippen molar-refractivity contribution in [2.45, 2.75) is 13.5 Å². The first kappa shape index (κ1) is 15.4. The largest absolute Gasteiger partial charge is 0.476 e. The Morgan fingerprint density at radius 1 is 1.29 bits per heavy atom. The summed E-state index contributed by atoms with van der Waals surface area (Å²) >= 11 is 0. The van der Waals surface area contributed by atoms with Crippen molar-refractivity contribution >= 4 is 11.9 Å². The lowest BCUT2D eigenvalue weighted by Crippen LogP contribution is -2.25. The number of carbonyl (C=O) groups is 2. The van der Waals surface area contributed by atoms with Gasteiger partial charge in [0.25, 0.3) is 5.91 Å². The molecule has 3 rings (SSSR count). The van der Waals surface area contributed by atoms with Crippen molar-refractivity contribution in [3.05, 3.63) is 59.5 Å². The molecule has 0 atom stereocenters. The predicted octanol–water partition coefficient (Wildman–Crippen LogP) is 1.19. The van der Waals surface area contributed by atoms with E-state index in [4.69, 9.17) is 9.63 Å². The van der Waals surface area contributed by atoms with Gasteiger partial charge in [0.1, 0.15) is 5.69 Å². The van der Waals surface area contributed by atoms with Crippen LogP contribution in [-0.2, 0) is 6.54 Å². The minimum Gasteiger partial charge on any atom is -0.476 e. The fourth-order valence-corrected chi connectivity index (χ4v) is 2.08. The molecule has 1 amide bonds. The van der Waals surface area contributed by atoms with Crippen molar-refractivity contribution in [2.24, 2.45) is 0 Å². The highest BCUT2D eigenvalue weighted by Gasteiger charge is 2.20. The van der Waals surface area contributed by atoms with Gasteiger partial charge in [-0.05, 0) is 12.1 Å². The summed E-state index contributed by atoms with van der Waals surface area (Å²) in [6.07, 6.45) is 0. The zero-order chi connectivity index (χ0) is 17.1. The second-order valence-electron chi connectivity index (χ2n) is 4.88. The highest BCUT2D eigenvalue weighted by Crippen LogP contribution is 2.13. The van der Waals surface area contributed by atoms with E-state index in [1.165, 1.54) is 10.7 Å². The number of aromatic nitrogens is 4. The number of carboxylic acids is 1. The number of aromatic carboxylic acids is 1. The van der Waals surface area contributed by atoms with Crippen LogP contribution >= 0.6 is 0 Å². The number of carboxylic acid groups (broad SMARTS) is 1. The number of para-hydroxylation sites is 1. The zero-order valence-corrected chi connectivity index (χ0v) is 12.6. The molecule has 2 aromatic heterocycles. The molecule has 0 unspecified atom stereocenters. The van der Waals surface area contributed by atoms with E-state index in [0.29, 0.717) is 17.4 Å². The minimum atomic E-state index is -1.22. The quantitative estimate of drug-likeness (QED) is 0.721. The lowest BCUT2D eigenvalue weighted by atomic mass is 10.3. The number of rotatable bonds is 5. The van der Waals surface area contributed by atoms with Crippen LogP contribution in [0.1, 0.15) is 32.7 Å². The fourth-order valence-electron chi connectivity index (χ4n) is 2.08. The summed E-state index contributed by atoms with van der Waals surface area (Å²) < 4.78 is 6.10. The van der Waals surface area contributed by atoms with Gasteiger partial charge in [-0.15, -0.1) is 0 Å². The minimum absolute atomic E-state index is 0.0541. The van der Waals surface area contributed by atoms with Crippen LogP contribution in [0.2, 0.25) is 0 Å². The third-order valence-electron chi connectivity index (χ3n) is 3.14. The molecule has 2 heterocycles. The van der Waals surface area contributed by atoms with Crippen LogP contribution in [-0.4, -0.2) is 36.9 Å². The van der Waals surface area contributed by atoms with Gasteiger partial charge in [-0.1, -0.05) is 23.4 Å². The summed E-state index contributed by atoms with van der Waals surface area (Å²) in [5.74, 6) is -0.999. The Morgan fingerprint density at radius 3 is 2.67 bits per heavy atom. The molecule has 0 saturated heterocycles. The predicted molar refractivity (Wildman–Crippen MR) is 80.7 cm³/mol. The van der Waals surface area contributed by atoms with E-state index in [-0.39, 0.29) is 17.9 Å². The van der Waals surface area contributed by atoms with Crippen LogP contribution in [0, 0.1) is 6.92 Å². The molecule has 0 aliphatic rings. The molecule has 0 fully saturated rings. The molecule has 0 spiro atoms. The summed E-state index contributed by atoms with van der Waals surface area (Å²) in [5.41, 5.74) is 0.448. The summed E-state index contributed by atoms with van der Waals surface area (Å²) in [5, 5.41) is 19.4. The number of aryl methyl sites for hydroxylation is 1. The van der Waals surface area contributed by atoms with E-state index in [1.54, 1.807) is 31.2 Å². The lowest BCUT2D eigenvalue weighted by Gasteiger charge is -2.07. The number of hydrogen-bond donors (Lipinski definition) is 2. The summed E-state index contributed by atoms with van der Waals surface area (Å²) in [7, 11) is 0. The SMILES string of the molecule is Cc1nc(CNC(=O)c2cc(C(=O)O)nn2-c2ccccc2)no1. The molecule has 0 bridgehead atoms. The molecule has 0 radical (unpaired) electrons. The molecular formula is C15H13N5O4. The van der Waals surface area contributed by atoms with Crippen molar-refractivity contribution < 1.29 is 19.2 Å². The van der Waals surface area contributed by atoms with Gasteiger partial charge in [0.05, 0.1) is 12.2 Å². The van der Waals surface area contributed by atoms with Crippen molar-refractivity contribution in [1.29, 1.82) is 0 Å². The Labute approximate surface area is 135 Å². The van der Waals surface area contributed by atoms with E-state index >= 15 is 0 Å². The van der Waals surface area contributed by atoms with Crippen LogP contribution in [0.25, 0.3) is 5.69 Å². The van der Waals surface area contributed by atoms with E-state index in [1.807, 2.05) is 6.07 Å². The standard InChI is InChI=1S/C15H13N5O4/c1-9-17-13(19-24-9)8-16-14(21)12-7-11(15(22)23)18-20(12)10-5-3-2-4-6-10/h2-7H,8H2,1H3,(H,16,21)(H,22,23). The summed E-state index contributed by atoms with van der Waals surface area (Å²) in [6, 6.07) is 9.99. The van der Waals surface area contributed by atoms with Crippen molar-refractivity contribution in [3.8, 4) is 5.69 Å². The number of nitrogens with zero attached hydrogens (tertiary/aromatic N) is 4. The highest BCUT2D eigenvalue weighted by atomic mass is 16.5. The van der Waals surface area contributed by atoms with Crippen LogP contribution in [0.5, 0.6) is 0 Å². The summed E-state index contributed by atoms with van der Waals surface area (Å²) in [6.45, 7) is 1.69. The Hall–Kier alpha value is -3.49. The highest BCUT2D eigenvalue weighted by molar-refractivity contribution is 5.96. The molecule has 9 heteroatoms. The molecule has 0 aliphatic carbocycles. The molecule has 9 nitrogen and oxygen atoms in total. The van der Waals surface area contributed by atoms with Gasteiger partial charge in [0, 0.05) is 13.0 Å². The van der Waals surface area contributed by atoms with Gasteiger partial charge in [0.2, 0.25) is 5.89 Å². The van der Waals surface area contributed by atoms with Gasteiger partial charge < -0.3 is 14.9 Å². The first-order valence-corrected chi connectivity index (χ1v) is 7.01. The molecule has 3 aromatic rings. The second kappa shape index (κ2) is 6.32. The zero-order valence-electron chi connectivity index (χ0n) is 12.6. The fraction of sp³-hybridized carbons (Fsp3) is 0.133.